The van der Waals surface area contributed by atoms with Gasteiger partial charge in [-0.2, -0.15) is 0 Å². The van der Waals surface area contributed by atoms with Crippen molar-refractivity contribution in [1.29, 1.82) is 0 Å². The van der Waals surface area contributed by atoms with Crippen molar-refractivity contribution in [3.8, 4) is 0 Å². The Labute approximate surface area is 202 Å². The second kappa shape index (κ2) is 9.92. The number of amides is 1. The Morgan fingerprint density at radius 1 is 1.18 bits per heavy atom. The first-order valence-corrected chi connectivity index (χ1v) is 12.4. The summed E-state index contributed by atoms with van der Waals surface area (Å²) in [5, 5.41) is 15.9. The van der Waals surface area contributed by atoms with Crippen LogP contribution in [0.1, 0.15) is 12.8 Å². The van der Waals surface area contributed by atoms with Gasteiger partial charge in [0, 0.05) is 47.7 Å². The number of tetrazole rings is 1. The molecule has 1 aliphatic rings. The van der Waals surface area contributed by atoms with Crippen molar-refractivity contribution in [3.63, 3.8) is 0 Å². The van der Waals surface area contributed by atoms with Gasteiger partial charge in [0.05, 0.1) is 11.4 Å². The molecule has 2 aromatic carbocycles. The van der Waals surface area contributed by atoms with E-state index < -0.39 is 10.0 Å². The second-order valence-electron chi connectivity index (χ2n) is 7.89. The van der Waals surface area contributed by atoms with Crippen molar-refractivity contribution in [2.45, 2.75) is 24.3 Å². The molecule has 1 amide bonds. The van der Waals surface area contributed by atoms with E-state index in [1.165, 1.54) is 4.68 Å². The maximum absolute atomic E-state index is 13.1. The molecule has 34 heavy (non-hydrogen) atoms. The van der Waals surface area contributed by atoms with Crippen LogP contribution in [0.15, 0.2) is 64.1 Å². The predicted octanol–water partition coefficient (Wildman–Crippen LogP) is 2.65. The first-order chi connectivity index (χ1) is 16.3. The number of benzene rings is 2. The van der Waals surface area contributed by atoms with E-state index >= 15 is 0 Å². The molecule has 3 aromatic rings. The van der Waals surface area contributed by atoms with Crippen LogP contribution in [-0.4, -0.2) is 55.2 Å². The number of anilines is 2. The third kappa shape index (κ3) is 5.11. The highest BCUT2D eigenvalue weighted by Crippen LogP contribution is 2.30. The molecule has 0 spiro atoms. The van der Waals surface area contributed by atoms with Crippen molar-refractivity contribution in [3.05, 3.63) is 59.2 Å². The molecular weight excluding hydrogens is 478 g/mol. The number of carbonyl (C=O) groups is 1. The number of rotatable bonds is 8. The molecule has 2 N–H and O–H groups in total. The zero-order chi connectivity index (χ0) is 24.3. The smallest absolute Gasteiger partial charge is 0.257 e. The summed E-state index contributed by atoms with van der Waals surface area (Å²) in [5.74, 6) is -0.275. The molecule has 0 unspecified atom stereocenters. The van der Waals surface area contributed by atoms with Crippen molar-refractivity contribution in [2.75, 3.05) is 30.9 Å². The van der Waals surface area contributed by atoms with Gasteiger partial charge in [-0.1, -0.05) is 47.0 Å². The molecule has 0 aliphatic heterocycles. The third-order valence-corrected chi connectivity index (χ3v) is 7.14. The molecule has 12 heteroatoms. The number of aromatic nitrogens is 4. The minimum absolute atomic E-state index is 0.0223. The van der Waals surface area contributed by atoms with Crippen molar-refractivity contribution in [1.82, 2.24) is 24.9 Å². The Kier molecular flexibility index (Phi) is 6.96. The average molecular weight is 502 g/mol. The predicted molar refractivity (Wildman–Crippen MR) is 131 cm³/mol. The lowest BCUT2D eigenvalue weighted by molar-refractivity contribution is -0.112. The number of allylic oxidation sites excluding steroid dienone is 2. The van der Waals surface area contributed by atoms with Crippen LogP contribution in [0.2, 0.25) is 0 Å². The molecule has 178 valence electrons. The van der Waals surface area contributed by atoms with Gasteiger partial charge in [-0.05, 0) is 41.5 Å². The van der Waals surface area contributed by atoms with Gasteiger partial charge in [-0.3, -0.25) is 10.1 Å². The fraction of sp³-hybridized carbons (Fsp3) is 0.273. The van der Waals surface area contributed by atoms with Crippen molar-refractivity contribution in [2.24, 2.45) is 0 Å². The molecule has 10 nitrogen and oxygen atoms in total. The minimum Gasteiger partial charge on any atom is -0.377 e. The summed E-state index contributed by atoms with van der Waals surface area (Å²) in [6.07, 6.45) is 4.77. The maximum Gasteiger partial charge on any atom is 0.257 e. The summed E-state index contributed by atoms with van der Waals surface area (Å²) >= 11 is 6.02. The molecule has 1 heterocycles. The van der Waals surface area contributed by atoms with Gasteiger partial charge in [-0.15, -0.1) is 0 Å². The van der Waals surface area contributed by atoms with E-state index in [9.17, 15) is 13.2 Å². The van der Waals surface area contributed by atoms with Gasteiger partial charge in [0.2, 0.25) is 16.0 Å². The van der Waals surface area contributed by atoms with Gasteiger partial charge >= 0.3 is 0 Å². The Morgan fingerprint density at radius 3 is 2.71 bits per heavy atom. The highest BCUT2D eigenvalue weighted by atomic mass is 35.5. The van der Waals surface area contributed by atoms with Gasteiger partial charge in [0.25, 0.3) is 5.91 Å². The summed E-state index contributed by atoms with van der Waals surface area (Å²) in [6, 6.07) is 10.7. The van der Waals surface area contributed by atoms with Crippen LogP contribution >= 0.6 is 11.6 Å². The Balaban J connectivity index is 1.46. The number of fused-ring (bicyclic) bond motifs is 1. The zero-order valence-corrected chi connectivity index (χ0v) is 20.3. The molecule has 0 saturated carbocycles. The summed E-state index contributed by atoms with van der Waals surface area (Å²) in [6.45, 7) is 0.139. The number of sulfonamides is 1. The fourth-order valence-corrected chi connectivity index (χ4v) is 5.16. The molecular formula is C22H24ClN7O3S. The minimum atomic E-state index is -3.81. The van der Waals surface area contributed by atoms with Crippen LogP contribution in [0.4, 0.5) is 11.6 Å². The van der Waals surface area contributed by atoms with E-state index in [-0.39, 0.29) is 29.8 Å². The Morgan fingerprint density at radius 2 is 1.94 bits per heavy atom. The number of nitrogens with one attached hydrogen (secondary N) is 2. The lowest BCUT2D eigenvalue weighted by Crippen LogP contribution is -2.28. The molecule has 0 bridgehead atoms. The molecule has 4 rings (SSSR count). The van der Waals surface area contributed by atoms with E-state index in [2.05, 4.69) is 25.6 Å². The number of halogens is 1. The molecule has 1 aromatic heterocycles. The fourth-order valence-electron chi connectivity index (χ4n) is 3.69. The Hall–Kier alpha value is -3.28. The van der Waals surface area contributed by atoms with Gasteiger partial charge in [0.1, 0.15) is 0 Å². The van der Waals surface area contributed by atoms with Crippen LogP contribution in [0.25, 0.3) is 10.8 Å². The first-order valence-electron chi connectivity index (χ1n) is 10.6. The van der Waals surface area contributed by atoms with Gasteiger partial charge in [0.15, 0.2) is 0 Å². The van der Waals surface area contributed by atoms with E-state index in [1.807, 2.05) is 37.2 Å². The molecule has 0 fully saturated rings. The van der Waals surface area contributed by atoms with Crippen LogP contribution in [-0.2, 0) is 21.4 Å². The largest absolute Gasteiger partial charge is 0.377 e. The summed E-state index contributed by atoms with van der Waals surface area (Å²) in [4.78, 5) is 14.6. The third-order valence-electron chi connectivity index (χ3n) is 5.33. The number of hydrogen-bond donors (Lipinski definition) is 2. The summed E-state index contributed by atoms with van der Waals surface area (Å²) in [7, 11) is 0.00720. The van der Waals surface area contributed by atoms with Crippen LogP contribution in [0, 0.1) is 0 Å². The summed E-state index contributed by atoms with van der Waals surface area (Å²) in [5.41, 5.74) is 1.35. The zero-order valence-electron chi connectivity index (χ0n) is 18.7. The van der Waals surface area contributed by atoms with Gasteiger partial charge in [-0.25, -0.2) is 17.8 Å². The van der Waals surface area contributed by atoms with E-state index in [4.69, 9.17) is 11.6 Å². The molecule has 0 radical (unpaired) electrons. The van der Waals surface area contributed by atoms with Gasteiger partial charge < -0.3 is 4.90 Å². The molecule has 1 aliphatic carbocycles. The topological polar surface area (TPSA) is 122 Å². The maximum atomic E-state index is 13.1. The average Bonchev–Trinajstić information content (AvgIpc) is 3.24. The Bertz CT molecular complexity index is 1400. The monoisotopic (exact) mass is 501 g/mol. The van der Waals surface area contributed by atoms with Crippen LogP contribution < -0.4 is 14.9 Å². The van der Waals surface area contributed by atoms with Crippen LogP contribution in [0.3, 0.4) is 0 Å². The van der Waals surface area contributed by atoms with Crippen LogP contribution in [0.5, 0.6) is 0 Å². The van der Waals surface area contributed by atoms with E-state index in [0.29, 0.717) is 28.8 Å². The lowest BCUT2D eigenvalue weighted by atomic mass is 10.1. The van der Waals surface area contributed by atoms with Crippen molar-refractivity contribution < 1.29 is 13.2 Å². The SMILES string of the molecule is CN(C)c1cccc2c(S(=O)(=O)NCCn3nnnc3NC(=O)C3=CCCC(Cl)=C3)cccc12. The quantitative estimate of drug-likeness (QED) is 0.486. The number of carbonyl (C=O) groups excluding carboxylic acids is 1. The standard InChI is InChI=1S/C22H24ClN7O3S/c1-29(2)19-10-4-9-18-17(19)8-5-11-20(18)34(32,33)24-12-13-30-22(26-27-28-30)25-21(31)15-6-3-7-16(23)14-15/h4-6,8-11,14,24H,3,7,12-13H2,1-2H3,(H,25,26,28,31). The second-order valence-corrected chi connectivity index (χ2v) is 10.1. The number of hydrogen-bond acceptors (Lipinski definition) is 7. The lowest BCUT2D eigenvalue weighted by Gasteiger charge is -2.17. The highest BCUT2D eigenvalue weighted by molar-refractivity contribution is 7.89. The highest BCUT2D eigenvalue weighted by Gasteiger charge is 2.19. The number of nitrogens with zero attached hydrogens (tertiary/aromatic N) is 5. The van der Waals surface area contributed by atoms with E-state index in [0.717, 1.165) is 11.1 Å². The van der Waals surface area contributed by atoms with Crippen molar-refractivity contribution >= 4 is 49.9 Å². The van der Waals surface area contributed by atoms with E-state index in [1.54, 1.807) is 30.4 Å². The normalized spacial score (nSPS) is 14.0. The summed E-state index contributed by atoms with van der Waals surface area (Å²) < 4.78 is 30.1. The first kappa shape index (κ1) is 23.9. The molecule has 0 atom stereocenters. The molecule has 0 saturated heterocycles.